The number of anilines is 1. The zero-order valence-electron chi connectivity index (χ0n) is 9.23. The lowest BCUT2D eigenvalue weighted by molar-refractivity contribution is -0.297. The van der Waals surface area contributed by atoms with Crippen molar-refractivity contribution >= 4 is 29.3 Å². The van der Waals surface area contributed by atoms with Gasteiger partial charge in [-0.1, -0.05) is 0 Å². The van der Waals surface area contributed by atoms with Crippen LogP contribution in [0.5, 0.6) is 0 Å². The Balaban J connectivity index is 2.62. The lowest BCUT2D eigenvalue weighted by Crippen LogP contribution is -2.20. The molecule has 0 fully saturated rings. The maximum Gasteiger partial charge on any atom is 0.446 e. The van der Waals surface area contributed by atoms with E-state index in [0.717, 1.165) is 6.08 Å². The Morgan fingerprint density at radius 2 is 1.74 bits per heavy atom. The number of carbonyl (C=O) groups is 2. The number of halogens is 3. The first-order valence-electron chi connectivity index (χ1n) is 4.82. The van der Waals surface area contributed by atoms with E-state index in [1.165, 1.54) is 24.3 Å². The molecule has 1 rings (SSSR count). The smallest absolute Gasteiger partial charge is 0.446 e. The number of carboxylic acid groups (broad SMARTS) is 1. The number of rotatable bonds is 4. The molecule has 0 aromatic heterocycles. The molecule has 0 bridgehead atoms. The average Bonchev–Trinajstić information content (AvgIpc) is 2.27. The van der Waals surface area contributed by atoms with Gasteiger partial charge in [-0.2, -0.15) is 13.2 Å². The minimum atomic E-state index is -4.37. The SMILES string of the molecule is O=C([O-])C=CC(=O)Nc1ccc(SC(F)(F)F)cc1. The van der Waals surface area contributed by atoms with Crippen LogP contribution in [0.15, 0.2) is 41.3 Å². The summed E-state index contributed by atoms with van der Waals surface area (Å²) in [5.41, 5.74) is -4.12. The Bertz CT molecular complexity index is 497. The molecule has 1 aromatic rings. The van der Waals surface area contributed by atoms with Gasteiger partial charge in [-0.05, 0) is 42.1 Å². The standard InChI is InChI=1S/C11H8F3NO3S/c12-11(13,14)19-8-3-1-7(2-4-8)15-9(16)5-6-10(17)18/h1-6H,(H,15,16)(H,17,18)/p-1. The molecule has 0 heterocycles. The summed E-state index contributed by atoms with van der Waals surface area (Å²) >= 11 is -0.270. The monoisotopic (exact) mass is 290 g/mol. The van der Waals surface area contributed by atoms with Gasteiger partial charge in [0.05, 0.1) is 5.97 Å². The second kappa shape index (κ2) is 6.28. The molecular weight excluding hydrogens is 283 g/mol. The number of hydrogen-bond acceptors (Lipinski definition) is 4. The number of hydrogen-bond donors (Lipinski definition) is 1. The summed E-state index contributed by atoms with van der Waals surface area (Å²) in [6, 6.07) is 4.93. The molecule has 0 aliphatic rings. The lowest BCUT2D eigenvalue weighted by Gasteiger charge is -2.06. The van der Waals surface area contributed by atoms with Crippen LogP contribution in [0, 0.1) is 0 Å². The van der Waals surface area contributed by atoms with Gasteiger partial charge in [0.25, 0.3) is 0 Å². The van der Waals surface area contributed by atoms with Crippen LogP contribution in [0.1, 0.15) is 0 Å². The van der Waals surface area contributed by atoms with E-state index in [4.69, 9.17) is 0 Å². The van der Waals surface area contributed by atoms with Gasteiger partial charge < -0.3 is 15.2 Å². The third-order valence-corrected chi connectivity index (χ3v) is 2.47. The Labute approximate surface area is 110 Å². The van der Waals surface area contributed by atoms with E-state index in [1.807, 2.05) is 0 Å². The molecule has 1 amide bonds. The van der Waals surface area contributed by atoms with E-state index >= 15 is 0 Å². The van der Waals surface area contributed by atoms with E-state index < -0.39 is 17.4 Å². The minimum absolute atomic E-state index is 0.0178. The van der Waals surface area contributed by atoms with Crippen molar-refractivity contribution < 1.29 is 27.9 Å². The third kappa shape index (κ3) is 6.51. The summed E-state index contributed by atoms with van der Waals surface area (Å²) in [6.45, 7) is 0. The molecular formula is C11H7F3NO3S-. The highest BCUT2D eigenvalue weighted by molar-refractivity contribution is 8.00. The first kappa shape index (κ1) is 15.1. The Morgan fingerprint density at radius 1 is 1.16 bits per heavy atom. The molecule has 0 atom stereocenters. The van der Waals surface area contributed by atoms with Crippen molar-refractivity contribution in [2.45, 2.75) is 10.4 Å². The average molecular weight is 290 g/mol. The molecule has 0 saturated heterocycles. The molecule has 0 unspecified atom stereocenters. The number of alkyl halides is 3. The number of benzene rings is 1. The predicted molar refractivity (Wildman–Crippen MR) is 61.1 cm³/mol. The van der Waals surface area contributed by atoms with Gasteiger partial charge in [-0.3, -0.25) is 4.79 Å². The fourth-order valence-electron chi connectivity index (χ4n) is 1.07. The summed E-state index contributed by atoms with van der Waals surface area (Å²) in [6.07, 6.45) is 1.29. The van der Waals surface area contributed by atoms with Crippen molar-refractivity contribution in [3.63, 3.8) is 0 Å². The quantitative estimate of drug-likeness (QED) is 0.674. The summed E-state index contributed by atoms with van der Waals surface area (Å²) in [7, 11) is 0. The number of aliphatic carboxylic acids is 1. The maximum atomic E-state index is 12.1. The highest BCUT2D eigenvalue weighted by atomic mass is 32.2. The molecule has 0 radical (unpaired) electrons. The second-order valence-corrected chi connectivity index (χ2v) is 4.35. The molecule has 0 saturated carbocycles. The highest BCUT2D eigenvalue weighted by Crippen LogP contribution is 2.36. The van der Waals surface area contributed by atoms with Crippen molar-refractivity contribution in [2.24, 2.45) is 0 Å². The van der Waals surface area contributed by atoms with E-state index in [9.17, 15) is 27.9 Å². The maximum absolute atomic E-state index is 12.1. The van der Waals surface area contributed by atoms with Crippen LogP contribution in [-0.4, -0.2) is 17.4 Å². The summed E-state index contributed by atoms with van der Waals surface area (Å²) in [5.74, 6) is -2.24. The van der Waals surface area contributed by atoms with E-state index in [-0.39, 0.29) is 22.3 Å². The molecule has 0 spiro atoms. The molecule has 0 aliphatic heterocycles. The fraction of sp³-hybridized carbons (Fsp3) is 0.0909. The van der Waals surface area contributed by atoms with Gasteiger partial charge >= 0.3 is 5.51 Å². The largest absolute Gasteiger partial charge is 0.545 e. The number of nitrogens with one attached hydrogen (secondary N) is 1. The van der Waals surface area contributed by atoms with Gasteiger partial charge in [0.1, 0.15) is 0 Å². The van der Waals surface area contributed by atoms with Crippen LogP contribution in [-0.2, 0) is 9.59 Å². The van der Waals surface area contributed by atoms with Gasteiger partial charge in [-0.25, -0.2) is 0 Å². The molecule has 0 aliphatic carbocycles. The number of carboxylic acids is 1. The molecule has 19 heavy (non-hydrogen) atoms. The van der Waals surface area contributed by atoms with Crippen LogP contribution in [0.3, 0.4) is 0 Å². The van der Waals surface area contributed by atoms with Crippen molar-refractivity contribution in [1.29, 1.82) is 0 Å². The summed E-state index contributed by atoms with van der Waals surface area (Å²) < 4.78 is 36.2. The molecule has 1 N–H and O–H groups in total. The fourth-order valence-corrected chi connectivity index (χ4v) is 1.61. The summed E-state index contributed by atoms with van der Waals surface area (Å²) in [5, 5.41) is 12.3. The van der Waals surface area contributed by atoms with Crippen molar-refractivity contribution in [3.8, 4) is 0 Å². The molecule has 1 aromatic carbocycles. The molecule has 8 heteroatoms. The van der Waals surface area contributed by atoms with Crippen molar-refractivity contribution in [2.75, 3.05) is 5.32 Å². The zero-order chi connectivity index (χ0) is 14.5. The zero-order valence-corrected chi connectivity index (χ0v) is 10.0. The Morgan fingerprint density at radius 3 is 2.21 bits per heavy atom. The first-order valence-corrected chi connectivity index (χ1v) is 5.64. The van der Waals surface area contributed by atoms with E-state index in [0.29, 0.717) is 6.08 Å². The number of amides is 1. The van der Waals surface area contributed by atoms with Crippen LogP contribution < -0.4 is 10.4 Å². The summed E-state index contributed by atoms with van der Waals surface area (Å²) in [4.78, 5) is 21.2. The van der Waals surface area contributed by atoms with E-state index in [2.05, 4.69) is 5.32 Å². The topological polar surface area (TPSA) is 69.2 Å². The molecule has 102 valence electrons. The second-order valence-electron chi connectivity index (χ2n) is 3.21. The number of thioether (sulfide) groups is 1. The van der Waals surface area contributed by atoms with Gasteiger partial charge in [0.2, 0.25) is 5.91 Å². The first-order chi connectivity index (χ1) is 8.76. The predicted octanol–water partition coefficient (Wildman–Crippen LogP) is 1.54. The normalized spacial score (nSPS) is 11.5. The highest BCUT2D eigenvalue weighted by Gasteiger charge is 2.28. The van der Waals surface area contributed by atoms with Crippen molar-refractivity contribution in [1.82, 2.24) is 0 Å². The van der Waals surface area contributed by atoms with Crippen LogP contribution in [0.4, 0.5) is 18.9 Å². The van der Waals surface area contributed by atoms with Gasteiger partial charge in [0.15, 0.2) is 0 Å². The minimum Gasteiger partial charge on any atom is -0.545 e. The Hall–Kier alpha value is -1.96. The van der Waals surface area contributed by atoms with E-state index in [1.54, 1.807) is 0 Å². The van der Waals surface area contributed by atoms with Crippen LogP contribution >= 0.6 is 11.8 Å². The van der Waals surface area contributed by atoms with Crippen LogP contribution in [0.2, 0.25) is 0 Å². The lowest BCUT2D eigenvalue weighted by atomic mass is 10.3. The van der Waals surface area contributed by atoms with Gasteiger partial charge in [0, 0.05) is 16.7 Å². The van der Waals surface area contributed by atoms with Gasteiger partial charge in [-0.15, -0.1) is 0 Å². The van der Waals surface area contributed by atoms with Crippen molar-refractivity contribution in [3.05, 3.63) is 36.4 Å². The third-order valence-electron chi connectivity index (χ3n) is 1.73. The Kier molecular flexibility index (Phi) is 4.99. The molecule has 4 nitrogen and oxygen atoms in total. The van der Waals surface area contributed by atoms with Crippen LogP contribution in [0.25, 0.3) is 0 Å². The number of carbonyl (C=O) groups excluding carboxylic acids is 2.